The molecule has 2 N–H and O–H groups in total. The molecule has 0 aliphatic carbocycles. The van der Waals surface area contributed by atoms with Gasteiger partial charge in [0.2, 0.25) is 0 Å². The Morgan fingerprint density at radius 3 is 2.45 bits per heavy atom. The van der Waals surface area contributed by atoms with Crippen molar-refractivity contribution in [3.8, 4) is 0 Å². The number of hydrogen-bond acceptors (Lipinski definition) is 6. The Morgan fingerprint density at radius 2 is 1.66 bits per heavy atom. The van der Waals surface area contributed by atoms with Gasteiger partial charge in [0.1, 0.15) is 0 Å². The van der Waals surface area contributed by atoms with Gasteiger partial charge >= 0.3 is 0 Å². The van der Waals surface area contributed by atoms with Gasteiger partial charge in [-0.1, -0.05) is 30.0 Å². The molecule has 0 saturated carbocycles. The molecule has 0 radical (unpaired) electrons. The second-order valence-corrected chi connectivity index (χ2v) is 9.11. The van der Waals surface area contributed by atoms with E-state index in [0.29, 0.717) is 6.54 Å². The van der Waals surface area contributed by atoms with E-state index >= 15 is 0 Å². The van der Waals surface area contributed by atoms with Crippen LogP contribution in [0.1, 0.15) is 12.0 Å². The molecule has 1 fully saturated rings. The minimum Gasteiger partial charge on any atom is -0.394 e. The van der Waals surface area contributed by atoms with Gasteiger partial charge in [-0.25, -0.2) is 0 Å². The van der Waals surface area contributed by atoms with E-state index in [9.17, 15) is 5.11 Å². The lowest BCUT2D eigenvalue weighted by Gasteiger charge is -2.36. The average molecular weight is 414 g/mol. The predicted octanol–water partition coefficient (Wildman–Crippen LogP) is 2.96. The molecule has 2 heterocycles. The number of anilines is 2. The zero-order valence-corrected chi connectivity index (χ0v) is 17.9. The number of fused-ring (bicyclic) bond motifs is 2. The van der Waals surface area contributed by atoms with Gasteiger partial charge in [-0.05, 0) is 49.7 Å². The zero-order chi connectivity index (χ0) is 20.2. The molecule has 156 valence electrons. The summed E-state index contributed by atoms with van der Waals surface area (Å²) in [5.74, 6) is 0. The van der Waals surface area contributed by atoms with Crippen LogP contribution < -0.4 is 4.90 Å². The number of para-hydroxylation sites is 1. The summed E-state index contributed by atoms with van der Waals surface area (Å²) in [6.45, 7) is 8.66. The minimum atomic E-state index is -0.623. The van der Waals surface area contributed by atoms with Gasteiger partial charge in [-0.2, -0.15) is 0 Å². The van der Waals surface area contributed by atoms with Crippen molar-refractivity contribution < 1.29 is 10.2 Å². The van der Waals surface area contributed by atoms with Crippen molar-refractivity contribution in [3.63, 3.8) is 0 Å². The molecule has 2 aromatic rings. The molecule has 2 aliphatic heterocycles. The topological polar surface area (TPSA) is 50.2 Å². The summed E-state index contributed by atoms with van der Waals surface area (Å²) in [6, 6.07) is 15.5. The number of β-amino-alcohol motifs (C(OH)–C–C–N with tert-alkyl or cyclic N) is 1. The third kappa shape index (κ3) is 4.95. The molecule has 0 bridgehead atoms. The molecular formula is C23H31N3O2S. The van der Waals surface area contributed by atoms with Crippen molar-refractivity contribution in [2.24, 2.45) is 0 Å². The summed E-state index contributed by atoms with van der Waals surface area (Å²) < 4.78 is 0. The van der Waals surface area contributed by atoms with Gasteiger partial charge < -0.3 is 20.0 Å². The monoisotopic (exact) mass is 413 g/mol. The lowest BCUT2D eigenvalue weighted by Crippen LogP contribution is -2.49. The van der Waals surface area contributed by atoms with Crippen LogP contribution >= 0.6 is 11.8 Å². The first kappa shape index (κ1) is 20.7. The molecule has 5 nitrogen and oxygen atoms in total. The number of aliphatic hydroxyl groups is 2. The number of piperazine rings is 1. The zero-order valence-electron chi connectivity index (χ0n) is 17.1. The van der Waals surface area contributed by atoms with Gasteiger partial charge in [-0.15, -0.1) is 0 Å². The van der Waals surface area contributed by atoms with Crippen molar-refractivity contribution in [2.75, 3.05) is 57.3 Å². The fourth-order valence-corrected chi connectivity index (χ4v) is 5.26. The number of benzene rings is 2. The van der Waals surface area contributed by atoms with Crippen LogP contribution in [0.3, 0.4) is 0 Å². The molecule has 0 amide bonds. The molecule has 29 heavy (non-hydrogen) atoms. The highest BCUT2D eigenvalue weighted by molar-refractivity contribution is 7.99. The largest absolute Gasteiger partial charge is 0.394 e. The van der Waals surface area contributed by atoms with Gasteiger partial charge in [0.25, 0.3) is 0 Å². The third-order valence-electron chi connectivity index (χ3n) is 5.78. The molecule has 2 aromatic carbocycles. The van der Waals surface area contributed by atoms with E-state index in [2.05, 4.69) is 64.1 Å². The predicted molar refractivity (Wildman–Crippen MR) is 119 cm³/mol. The Labute approximate surface area is 177 Å². The maximum absolute atomic E-state index is 9.63. The van der Waals surface area contributed by atoms with Crippen LogP contribution in [-0.4, -0.2) is 78.5 Å². The molecule has 2 aliphatic rings. The van der Waals surface area contributed by atoms with Crippen LogP contribution in [0, 0.1) is 6.92 Å². The lowest BCUT2D eigenvalue weighted by atomic mass is 10.1. The molecule has 0 aromatic heterocycles. The second-order valence-electron chi connectivity index (χ2n) is 8.02. The smallest absolute Gasteiger partial charge is 0.0897 e. The van der Waals surface area contributed by atoms with E-state index in [1.807, 2.05) is 11.8 Å². The first-order chi connectivity index (χ1) is 14.1. The molecule has 0 spiro atoms. The van der Waals surface area contributed by atoms with Gasteiger partial charge in [-0.3, -0.25) is 4.90 Å². The van der Waals surface area contributed by atoms with Crippen LogP contribution in [0.25, 0.3) is 0 Å². The highest BCUT2D eigenvalue weighted by Gasteiger charge is 2.24. The Kier molecular flexibility index (Phi) is 6.77. The van der Waals surface area contributed by atoms with Gasteiger partial charge in [0.15, 0.2) is 0 Å². The first-order valence-corrected chi connectivity index (χ1v) is 11.3. The van der Waals surface area contributed by atoms with Crippen molar-refractivity contribution >= 4 is 23.1 Å². The fraction of sp³-hybridized carbons (Fsp3) is 0.478. The third-order valence-corrected chi connectivity index (χ3v) is 6.91. The van der Waals surface area contributed by atoms with Crippen LogP contribution in [0.15, 0.2) is 52.3 Å². The normalized spacial score (nSPS) is 18.4. The SMILES string of the molecule is Cc1ccc2c(c1)N(CCCN1CCN(CC(O)CO)CC1)c1ccccc1S2. The van der Waals surface area contributed by atoms with Gasteiger partial charge in [0, 0.05) is 49.1 Å². The maximum atomic E-state index is 9.63. The molecule has 4 rings (SSSR count). The Morgan fingerprint density at radius 1 is 0.931 bits per heavy atom. The summed E-state index contributed by atoms with van der Waals surface area (Å²) in [4.78, 5) is 9.92. The van der Waals surface area contributed by atoms with E-state index in [-0.39, 0.29) is 6.61 Å². The van der Waals surface area contributed by atoms with Crippen molar-refractivity contribution in [1.82, 2.24) is 9.80 Å². The number of rotatable bonds is 7. The van der Waals surface area contributed by atoms with Crippen molar-refractivity contribution in [3.05, 3.63) is 48.0 Å². The summed E-state index contributed by atoms with van der Waals surface area (Å²) in [7, 11) is 0. The molecule has 6 heteroatoms. The van der Waals surface area contributed by atoms with Crippen LogP contribution in [0.4, 0.5) is 11.4 Å². The average Bonchev–Trinajstić information content (AvgIpc) is 2.74. The number of aliphatic hydroxyl groups excluding tert-OH is 2. The summed E-state index contributed by atoms with van der Waals surface area (Å²) in [6.07, 6.45) is 0.494. The van der Waals surface area contributed by atoms with E-state index in [1.54, 1.807) is 0 Å². The van der Waals surface area contributed by atoms with E-state index in [4.69, 9.17) is 5.11 Å². The Hall–Kier alpha value is -1.57. The number of hydrogen-bond donors (Lipinski definition) is 2. The van der Waals surface area contributed by atoms with Gasteiger partial charge in [0.05, 0.1) is 24.1 Å². The van der Waals surface area contributed by atoms with Crippen LogP contribution in [0.5, 0.6) is 0 Å². The standard InChI is InChI=1S/C23H31N3O2S/c1-18-7-8-23-21(15-18)26(20-5-2-3-6-22(20)29-23)10-4-9-24-11-13-25(14-12-24)16-19(28)17-27/h2-3,5-8,15,19,27-28H,4,9-14,16-17H2,1H3. The first-order valence-electron chi connectivity index (χ1n) is 10.5. The summed E-state index contributed by atoms with van der Waals surface area (Å²) in [5, 5.41) is 18.6. The van der Waals surface area contributed by atoms with E-state index in [0.717, 1.165) is 45.7 Å². The van der Waals surface area contributed by atoms with Crippen LogP contribution in [-0.2, 0) is 0 Å². The second kappa shape index (κ2) is 9.49. The molecule has 1 atom stereocenters. The number of nitrogens with zero attached hydrogens (tertiary/aromatic N) is 3. The molecule has 1 unspecified atom stereocenters. The van der Waals surface area contributed by atoms with E-state index < -0.39 is 6.10 Å². The molecular weight excluding hydrogens is 382 g/mol. The minimum absolute atomic E-state index is 0.156. The fourth-order valence-electron chi connectivity index (χ4n) is 4.18. The quantitative estimate of drug-likeness (QED) is 0.728. The molecule has 1 saturated heterocycles. The maximum Gasteiger partial charge on any atom is 0.0897 e. The summed E-state index contributed by atoms with van der Waals surface area (Å²) >= 11 is 1.87. The van der Waals surface area contributed by atoms with Crippen LogP contribution in [0.2, 0.25) is 0 Å². The Bertz CT molecular complexity index is 824. The van der Waals surface area contributed by atoms with Crippen molar-refractivity contribution in [1.29, 1.82) is 0 Å². The van der Waals surface area contributed by atoms with Crippen molar-refractivity contribution in [2.45, 2.75) is 29.2 Å². The van der Waals surface area contributed by atoms with E-state index in [1.165, 1.54) is 26.7 Å². The summed E-state index contributed by atoms with van der Waals surface area (Å²) in [5.41, 5.74) is 3.95. The Balaban J connectivity index is 1.35. The number of aryl methyl sites for hydroxylation is 1. The highest BCUT2D eigenvalue weighted by atomic mass is 32.2. The highest BCUT2D eigenvalue weighted by Crippen LogP contribution is 2.48. The lowest BCUT2D eigenvalue weighted by molar-refractivity contribution is 0.0395.